The smallest absolute Gasteiger partial charge is 0.237 e. The van der Waals surface area contributed by atoms with Crippen molar-refractivity contribution in [3.05, 3.63) is 58.9 Å². The molecule has 0 aliphatic heterocycles. The highest BCUT2D eigenvalue weighted by atomic mass is 79.9. The van der Waals surface area contributed by atoms with Gasteiger partial charge in [0.05, 0.1) is 18.4 Å². The van der Waals surface area contributed by atoms with Gasteiger partial charge >= 0.3 is 0 Å². The Balaban J connectivity index is 1.72. The van der Waals surface area contributed by atoms with E-state index in [1.165, 1.54) is 0 Å². The molecular formula is C16H13BrN2O2S. The van der Waals surface area contributed by atoms with Crippen LogP contribution in [0, 0.1) is 0 Å². The van der Waals surface area contributed by atoms with Gasteiger partial charge in [-0.25, -0.2) is 0 Å². The van der Waals surface area contributed by atoms with E-state index in [0.717, 1.165) is 20.7 Å². The maximum atomic E-state index is 5.32. The van der Waals surface area contributed by atoms with Gasteiger partial charge in [0.1, 0.15) is 5.75 Å². The zero-order chi connectivity index (χ0) is 15.4. The first-order valence-electron chi connectivity index (χ1n) is 6.60. The molecule has 0 saturated heterocycles. The fraction of sp³-hybridized carbons (Fsp3) is 0.125. The van der Waals surface area contributed by atoms with Gasteiger partial charge in [0.25, 0.3) is 0 Å². The molecule has 3 rings (SSSR count). The zero-order valence-electron chi connectivity index (χ0n) is 11.8. The van der Waals surface area contributed by atoms with Crippen molar-refractivity contribution in [3.63, 3.8) is 0 Å². The SMILES string of the molecule is COc1ccccc1-c1noc(CSc2ccc(Br)cc2)n1. The summed E-state index contributed by atoms with van der Waals surface area (Å²) < 4.78 is 11.7. The average Bonchev–Trinajstić information content (AvgIpc) is 3.03. The van der Waals surface area contributed by atoms with Gasteiger partial charge in [-0.1, -0.05) is 33.2 Å². The minimum absolute atomic E-state index is 0.545. The highest BCUT2D eigenvalue weighted by molar-refractivity contribution is 9.10. The lowest BCUT2D eigenvalue weighted by molar-refractivity contribution is 0.390. The van der Waals surface area contributed by atoms with Crippen molar-refractivity contribution in [2.24, 2.45) is 0 Å². The predicted octanol–water partition coefficient (Wildman–Crippen LogP) is 4.80. The van der Waals surface area contributed by atoms with Gasteiger partial charge in [-0.15, -0.1) is 11.8 Å². The highest BCUT2D eigenvalue weighted by Crippen LogP contribution is 2.29. The average molecular weight is 377 g/mol. The molecular weight excluding hydrogens is 364 g/mol. The van der Waals surface area contributed by atoms with Crippen molar-refractivity contribution in [3.8, 4) is 17.1 Å². The number of benzene rings is 2. The summed E-state index contributed by atoms with van der Waals surface area (Å²) >= 11 is 5.07. The Labute approximate surface area is 141 Å². The standard InChI is InChI=1S/C16H13BrN2O2S/c1-20-14-5-3-2-4-13(14)16-18-15(21-19-16)10-22-12-8-6-11(17)7-9-12/h2-9H,10H2,1H3. The molecule has 3 aromatic rings. The minimum atomic E-state index is 0.545. The third kappa shape index (κ3) is 3.51. The number of methoxy groups -OCH3 is 1. The summed E-state index contributed by atoms with van der Waals surface area (Å²) in [6, 6.07) is 15.7. The molecule has 2 aromatic carbocycles. The van der Waals surface area contributed by atoms with Gasteiger partial charge in [0, 0.05) is 9.37 Å². The van der Waals surface area contributed by atoms with Crippen LogP contribution in [0.3, 0.4) is 0 Å². The second kappa shape index (κ2) is 6.98. The van der Waals surface area contributed by atoms with Gasteiger partial charge in [0.2, 0.25) is 11.7 Å². The minimum Gasteiger partial charge on any atom is -0.496 e. The third-order valence-corrected chi connectivity index (χ3v) is 4.52. The number of aromatic nitrogens is 2. The van der Waals surface area contributed by atoms with Crippen LogP contribution >= 0.6 is 27.7 Å². The van der Waals surface area contributed by atoms with E-state index in [1.54, 1.807) is 18.9 Å². The first kappa shape index (κ1) is 15.1. The maximum Gasteiger partial charge on any atom is 0.237 e. The maximum absolute atomic E-state index is 5.32. The van der Waals surface area contributed by atoms with Crippen molar-refractivity contribution in [1.82, 2.24) is 10.1 Å². The zero-order valence-corrected chi connectivity index (χ0v) is 14.2. The molecule has 0 amide bonds. The Kier molecular flexibility index (Phi) is 4.80. The molecule has 0 aliphatic rings. The van der Waals surface area contributed by atoms with Crippen LogP contribution in [0.15, 0.2) is 62.4 Å². The molecule has 0 saturated carbocycles. The van der Waals surface area contributed by atoms with Crippen LogP contribution in [0.25, 0.3) is 11.4 Å². The van der Waals surface area contributed by atoms with Gasteiger partial charge in [-0.3, -0.25) is 0 Å². The topological polar surface area (TPSA) is 48.2 Å². The summed E-state index contributed by atoms with van der Waals surface area (Å²) in [5.41, 5.74) is 0.827. The van der Waals surface area contributed by atoms with E-state index in [-0.39, 0.29) is 0 Å². The van der Waals surface area contributed by atoms with Crippen molar-refractivity contribution >= 4 is 27.7 Å². The number of hydrogen-bond donors (Lipinski definition) is 0. The number of para-hydroxylation sites is 1. The molecule has 0 N–H and O–H groups in total. The first-order valence-corrected chi connectivity index (χ1v) is 8.38. The molecule has 0 bridgehead atoms. The number of rotatable bonds is 5. The second-order valence-electron chi connectivity index (χ2n) is 4.45. The van der Waals surface area contributed by atoms with E-state index >= 15 is 0 Å². The van der Waals surface area contributed by atoms with Crippen LogP contribution in [-0.4, -0.2) is 17.3 Å². The molecule has 1 heterocycles. The largest absolute Gasteiger partial charge is 0.496 e. The summed E-state index contributed by atoms with van der Waals surface area (Å²) in [5, 5.41) is 4.03. The Morgan fingerprint density at radius 3 is 2.68 bits per heavy atom. The quantitative estimate of drug-likeness (QED) is 0.598. The van der Waals surface area contributed by atoms with Crippen LogP contribution < -0.4 is 4.74 Å². The molecule has 0 radical (unpaired) electrons. The Morgan fingerprint density at radius 1 is 1.14 bits per heavy atom. The molecule has 6 heteroatoms. The monoisotopic (exact) mass is 376 g/mol. The molecule has 22 heavy (non-hydrogen) atoms. The molecule has 0 atom stereocenters. The van der Waals surface area contributed by atoms with Crippen LogP contribution in [0.2, 0.25) is 0 Å². The van der Waals surface area contributed by atoms with E-state index in [1.807, 2.05) is 48.5 Å². The normalized spacial score (nSPS) is 10.6. The first-order chi connectivity index (χ1) is 10.8. The van der Waals surface area contributed by atoms with Gasteiger partial charge in [-0.05, 0) is 36.4 Å². The number of hydrogen-bond acceptors (Lipinski definition) is 5. The molecule has 4 nitrogen and oxygen atoms in total. The molecule has 0 aliphatic carbocycles. The third-order valence-electron chi connectivity index (χ3n) is 2.99. The highest BCUT2D eigenvalue weighted by Gasteiger charge is 2.12. The summed E-state index contributed by atoms with van der Waals surface area (Å²) in [5.74, 6) is 2.50. The Hall–Kier alpha value is -1.79. The summed E-state index contributed by atoms with van der Waals surface area (Å²) in [7, 11) is 1.63. The fourth-order valence-electron chi connectivity index (χ4n) is 1.93. The summed E-state index contributed by atoms with van der Waals surface area (Å²) in [6.45, 7) is 0. The van der Waals surface area contributed by atoms with Crippen molar-refractivity contribution in [1.29, 1.82) is 0 Å². The van der Waals surface area contributed by atoms with Crippen molar-refractivity contribution in [2.45, 2.75) is 10.6 Å². The predicted molar refractivity (Wildman–Crippen MR) is 90.0 cm³/mol. The molecule has 112 valence electrons. The number of nitrogens with zero attached hydrogens (tertiary/aromatic N) is 2. The van der Waals surface area contributed by atoms with Gasteiger partial charge in [0.15, 0.2) is 0 Å². The number of halogens is 1. The lowest BCUT2D eigenvalue weighted by Crippen LogP contribution is -1.89. The molecule has 1 aromatic heterocycles. The fourth-order valence-corrected chi connectivity index (χ4v) is 2.93. The van der Waals surface area contributed by atoms with E-state index in [4.69, 9.17) is 9.26 Å². The van der Waals surface area contributed by atoms with E-state index in [9.17, 15) is 0 Å². The van der Waals surface area contributed by atoms with E-state index in [0.29, 0.717) is 17.5 Å². The van der Waals surface area contributed by atoms with Crippen LogP contribution in [0.4, 0.5) is 0 Å². The van der Waals surface area contributed by atoms with Crippen molar-refractivity contribution in [2.75, 3.05) is 7.11 Å². The molecule has 0 spiro atoms. The van der Waals surface area contributed by atoms with Crippen LogP contribution in [-0.2, 0) is 5.75 Å². The Bertz CT molecular complexity index is 759. The van der Waals surface area contributed by atoms with Gasteiger partial charge < -0.3 is 9.26 Å². The van der Waals surface area contributed by atoms with E-state index < -0.39 is 0 Å². The molecule has 0 unspecified atom stereocenters. The lowest BCUT2D eigenvalue weighted by Gasteiger charge is -2.03. The summed E-state index contributed by atoms with van der Waals surface area (Å²) in [4.78, 5) is 5.59. The summed E-state index contributed by atoms with van der Waals surface area (Å²) in [6.07, 6.45) is 0. The van der Waals surface area contributed by atoms with Crippen LogP contribution in [0.5, 0.6) is 5.75 Å². The Morgan fingerprint density at radius 2 is 1.91 bits per heavy atom. The van der Waals surface area contributed by atoms with Crippen molar-refractivity contribution < 1.29 is 9.26 Å². The van der Waals surface area contributed by atoms with Crippen LogP contribution in [0.1, 0.15) is 5.89 Å². The van der Waals surface area contributed by atoms with Gasteiger partial charge in [-0.2, -0.15) is 4.98 Å². The number of thioether (sulfide) groups is 1. The molecule has 0 fully saturated rings. The number of ether oxygens (including phenoxy) is 1. The second-order valence-corrected chi connectivity index (χ2v) is 6.42. The lowest BCUT2D eigenvalue weighted by atomic mass is 10.2. The van der Waals surface area contributed by atoms with E-state index in [2.05, 4.69) is 26.1 Å².